The van der Waals surface area contributed by atoms with Crippen molar-refractivity contribution in [2.75, 3.05) is 25.4 Å². The van der Waals surface area contributed by atoms with Crippen molar-refractivity contribution in [1.82, 2.24) is 10.6 Å². The Labute approximate surface area is 178 Å². The highest BCUT2D eigenvalue weighted by Gasteiger charge is 2.33. The van der Waals surface area contributed by atoms with Gasteiger partial charge in [0, 0.05) is 19.5 Å². The molecule has 0 saturated heterocycles. The molecular formula is C19H38N2O7S. The third kappa shape index (κ3) is 13.8. The van der Waals surface area contributed by atoms with Crippen LogP contribution in [0.25, 0.3) is 0 Å². The average Bonchev–Trinajstić information content (AvgIpc) is 2.72. The first-order valence-electron chi connectivity index (χ1n) is 10.3. The van der Waals surface area contributed by atoms with Crippen molar-refractivity contribution >= 4 is 24.4 Å². The minimum absolute atomic E-state index is 0.0491. The number of carbonyl (C=O) groups excluding carboxylic acids is 2. The molecule has 4 atom stereocenters. The maximum Gasteiger partial charge on any atom is 0.251 e. The van der Waals surface area contributed by atoms with Gasteiger partial charge in [0.1, 0.15) is 18.3 Å². The standard InChI is InChI=1S/C19H38N2O7S/c22-13-14(23)16(25)17(26)18(27)19(28)21-11-8-6-4-2-1-3-5-7-10-20-15(24)9-12-29/h14,16-18,22-23,25-27,29H,1-13H2,(H,20,24)(H,21,28). The molecule has 0 aliphatic carbocycles. The number of nitrogens with one attached hydrogen (secondary N) is 2. The van der Waals surface area contributed by atoms with E-state index in [4.69, 9.17) is 5.11 Å². The second-order valence-corrected chi connectivity index (χ2v) is 7.57. The van der Waals surface area contributed by atoms with E-state index in [0.717, 1.165) is 51.4 Å². The zero-order chi connectivity index (χ0) is 22.1. The molecule has 4 unspecified atom stereocenters. The van der Waals surface area contributed by atoms with Gasteiger partial charge in [0.05, 0.1) is 6.61 Å². The molecule has 0 saturated carbocycles. The van der Waals surface area contributed by atoms with E-state index in [9.17, 15) is 30.0 Å². The van der Waals surface area contributed by atoms with Crippen molar-refractivity contribution < 1.29 is 35.1 Å². The Morgan fingerprint density at radius 1 is 0.759 bits per heavy atom. The Bertz CT molecular complexity index is 443. The second-order valence-electron chi connectivity index (χ2n) is 7.12. The van der Waals surface area contributed by atoms with E-state index in [2.05, 4.69) is 23.3 Å². The molecule has 0 spiro atoms. The van der Waals surface area contributed by atoms with Gasteiger partial charge in [-0.1, -0.05) is 38.5 Å². The fourth-order valence-electron chi connectivity index (χ4n) is 2.72. The van der Waals surface area contributed by atoms with Crippen molar-refractivity contribution in [3.8, 4) is 0 Å². The van der Waals surface area contributed by atoms with Gasteiger partial charge in [-0.25, -0.2) is 0 Å². The molecule has 9 nitrogen and oxygen atoms in total. The minimum Gasteiger partial charge on any atom is -0.394 e. The summed E-state index contributed by atoms with van der Waals surface area (Å²) in [6, 6.07) is 0. The highest BCUT2D eigenvalue weighted by molar-refractivity contribution is 7.80. The molecule has 0 bridgehead atoms. The Kier molecular flexibility index (Phi) is 17.3. The van der Waals surface area contributed by atoms with Crippen LogP contribution in [0.1, 0.15) is 57.8 Å². The number of aliphatic hydroxyl groups is 5. The van der Waals surface area contributed by atoms with Crippen molar-refractivity contribution in [3.05, 3.63) is 0 Å². The average molecular weight is 439 g/mol. The molecule has 10 heteroatoms. The first kappa shape index (κ1) is 28.1. The number of hydrogen-bond donors (Lipinski definition) is 8. The van der Waals surface area contributed by atoms with E-state index >= 15 is 0 Å². The van der Waals surface area contributed by atoms with Gasteiger partial charge in [-0.3, -0.25) is 9.59 Å². The van der Waals surface area contributed by atoms with Crippen LogP contribution in [0.4, 0.5) is 0 Å². The maximum atomic E-state index is 11.7. The predicted octanol–water partition coefficient (Wildman–Crippen LogP) is -0.905. The Hall–Kier alpha value is -0.910. The van der Waals surface area contributed by atoms with Crippen LogP contribution in [-0.2, 0) is 9.59 Å². The summed E-state index contributed by atoms with van der Waals surface area (Å²) >= 11 is 4.01. The van der Waals surface area contributed by atoms with Gasteiger partial charge in [-0.15, -0.1) is 0 Å². The Morgan fingerprint density at radius 3 is 1.72 bits per heavy atom. The number of hydrogen-bond acceptors (Lipinski definition) is 8. The summed E-state index contributed by atoms with van der Waals surface area (Å²) in [6.07, 6.45) is 1.30. The summed E-state index contributed by atoms with van der Waals surface area (Å²) in [5.41, 5.74) is 0. The summed E-state index contributed by atoms with van der Waals surface area (Å²) in [7, 11) is 0. The lowest BCUT2D eigenvalue weighted by molar-refractivity contribution is -0.148. The summed E-state index contributed by atoms with van der Waals surface area (Å²) in [5, 5.41) is 52.1. The molecule has 2 amide bonds. The molecule has 0 aromatic heterocycles. The first-order valence-corrected chi connectivity index (χ1v) is 11.0. The maximum absolute atomic E-state index is 11.7. The molecular weight excluding hydrogens is 400 g/mol. The SMILES string of the molecule is O=C(CCS)NCCCCCCCCCCNC(=O)C(O)C(O)C(O)C(O)CO. The van der Waals surface area contributed by atoms with Crippen LogP contribution < -0.4 is 10.6 Å². The van der Waals surface area contributed by atoms with Crippen LogP contribution in [0.5, 0.6) is 0 Å². The fourth-order valence-corrected chi connectivity index (χ4v) is 2.93. The molecule has 0 rings (SSSR count). The summed E-state index contributed by atoms with van der Waals surface area (Å²) < 4.78 is 0. The molecule has 0 heterocycles. The largest absolute Gasteiger partial charge is 0.394 e. The number of thiol groups is 1. The van der Waals surface area contributed by atoms with E-state index < -0.39 is 36.9 Å². The van der Waals surface area contributed by atoms with Gasteiger partial charge in [0.15, 0.2) is 6.10 Å². The minimum atomic E-state index is -1.88. The number of aliphatic hydroxyl groups excluding tert-OH is 5. The molecule has 172 valence electrons. The number of rotatable bonds is 18. The van der Waals surface area contributed by atoms with Crippen LogP contribution >= 0.6 is 12.6 Å². The van der Waals surface area contributed by atoms with E-state index in [-0.39, 0.29) is 5.91 Å². The predicted molar refractivity (Wildman–Crippen MR) is 113 cm³/mol. The molecule has 0 aromatic rings. The van der Waals surface area contributed by atoms with Gasteiger partial charge in [-0.05, 0) is 18.6 Å². The quantitative estimate of drug-likeness (QED) is 0.102. The van der Waals surface area contributed by atoms with E-state index in [0.29, 0.717) is 25.3 Å². The second kappa shape index (κ2) is 17.9. The summed E-state index contributed by atoms with van der Waals surface area (Å²) in [4.78, 5) is 23.0. The van der Waals surface area contributed by atoms with E-state index in [1.165, 1.54) is 0 Å². The fraction of sp³-hybridized carbons (Fsp3) is 0.895. The molecule has 0 aromatic carbocycles. The van der Waals surface area contributed by atoms with Crippen LogP contribution in [-0.4, -0.2) is 87.2 Å². The van der Waals surface area contributed by atoms with Crippen molar-refractivity contribution in [2.45, 2.75) is 82.2 Å². The van der Waals surface area contributed by atoms with Gasteiger partial charge in [0.2, 0.25) is 5.91 Å². The van der Waals surface area contributed by atoms with Gasteiger partial charge in [-0.2, -0.15) is 12.6 Å². The van der Waals surface area contributed by atoms with Crippen LogP contribution in [0.3, 0.4) is 0 Å². The van der Waals surface area contributed by atoms with Crippen molar-refractivity contribution in [3.63, 3.8) is 0 Å². The summed E-state index contributed by atoms with van der Waals surface area (Å²) in [5.74, 6) is -0.216. The molecule has 7 N–H and O–H groups in total. The number of unbranched alkanes of at least 4 members (excludes halogenated alkanes) is 7. The normalized spacial score (nSPS) is 15.4. The third-order valence-corrected chi connectivity index (χ3v) is 4.81. The lowest BCUT2D eigenvalue weighted by Crippen LogP contribution is -2.51. The Balaban J connectivity index is 3.58. The first-order chi connectivity index (χ1) is 13.8. The highest BCUT2D eigenvalue weighted by atomic mass is 32.1. The molecule has 29 heavy (non-hydrogen) atoms. The zero-order valence-corrected chi connectivity index (χ0v) is 17.9. The topological polar surface area (TPSA) is 159 Å². The summed E-state index contributed by atoms with van der Waals surface area (Å²) in [6.45, 7) is 0.260. The third-order valence-electron chi connectivity index (χ3n) is 4.59. The van der Waals surface area contributed by atoms with E-state index in [1.807, 2.05) is 0 Å². The Morgan fingerprint density at radius 2 is 1.24 bits per heavy atom. The van der Waals surface area contributed by atoms with Gasteiger partial charge >= 0.3 is 0 Å². The van der Waals surface area contributed by atoms with Crippen molar-refractivity contribution in [2.24, 2.45) is 0 Å². The van der Waals surface area contributed by atoms with Crippen molar-refractivity contribution in [1.29, 1.82) is 0 Å². The van der Waals surface area contributed by atoms with Gasteiger partial charge < -0.3 is 36.2 Å². The lowest BCUT2D eigenvalue weighted by atomic mass is 10.0. The monoisotopic (exact) mass is 438 g/mol. The number of amides is 2. The van der Waals surface area contributed by atoms with Crippen LogP contribution in [0.2, 0.25) is 0 Å². The zero-order valence-electron chi connectivity index (χ0n) is 17.0. The van der Waals surface area contributed by atoms with Crippen LogP contribution in [0.15, 0.2) is 0 Å². The van der Waals surface area contributed by atoms with Gasteiger partial charge in [0.25, 0.3) is 5.91 Å². The van der Waals surface area contributed by atoms with Crippen LogP contribution in [0, 0.1) is 0 Å². The molecule has 0 fully saturated rings. The number of carbonyl (C=O) groups is 2. The molecule has 0 radical (unpaired) electrons. The highest BCUT2D eigenvalue weighted by Crippen LogP contribution is 2.09. The lowest BCUT2D eigenvalue weighted by Gasteiger charge is -2.24. The van der Waals surface area contributed by atoms with E-state index in [1.54, 1.807) is 0 Å². The smallest absolute Gasteiger partial charge is 0.251 e. The molecule has 0 aliphatic rings. The molecule has 0 aliphatic heterocycles.